The topological polar surface area (TPSA) is 196 Å². The van der Waals surface area contributed by atoms with Crippen molar-refractivity contribution in [3.63, 3.8) is 0 Å². The molecule has 3 atom stereocenters. The predicted molar refractivity (Wildman–Crippen MR) is 91.8 cm³/mol. The van der Waals surface area contributed by atoms with Gasteiger partial charge < -0.3 is 37.3 Å². The van der Waals surface area contributed by atoms with Gasteiger partial charge in [0.25, 0.3) is 0 Å². The van der Waals surface area contributed by atoms with Gasteiger partial charge in [-0.1, -0.05) is 0 Å². The molecule has 0 aliphatic heterocycles. The molecule has 0 radical (unpaired) electrons. The van der Waals surface area contributed by atoms with Crippen LogP contribution < -0.4 is 22.1 Å². The first kappa shape index (κ1) is 21.5. The summed E-state index contributed by atoms with van der Waals surface area (Å²) in [4.78, 5) is 42.4. The lowest BCUT2D eigenvalue weighted by Gasteiger charge is -2.22. The molecule has 0 fully saturated rings. The lowest BCUT2D eigenvalue weighted by atomic mass is 10.1. The minimum atomic E-state index is -1.19. The van der Waals surface area contributed by atoms with E-state index in [-0.39, 0.29) is 12.8 Å². The first-order valence-corrected chi connectivity index (χ1v) is 8.26. The molecule has 0 unspecified atom stereocenters. The summed E-state index contributed by atoms with van der Waals surface area (Å²) in [7, 11) is 0. The molecule has 1 aromatic heterocycles. The fraction of sp³-hybridized carbons (Fsp3) is 0.600. The number of carboxylic acid groups (broad SMARTS) is 1. The van der Waals surface area contributed by atoms with Crippen molar-refractivity contribution in [2.45, 2.75) is 43.8 Å². The molecule has 2 amide bonds. The summed E-state index contributed by atoms with van der Waals surface area (Å²) in [6, 6.07) is -3.36. The van der Waals surface area contributed by atoms with Gasteiger partial charge >= 0.3 is 5.97 Å². The van der Waals surface area contributed by atoms with E-state index in [9.17, 15) is 19.5 Å². The molecule has 0 bridgehead atoms. The second-order valence-electron chi connectivity index (χ2n) is 5.82. The van der Waals surface area contributed by atoms with Crippen LogP contribution >= 0.6 is 0 Å². The van der Waals surface area contributed by atoms with Gasteiger partial charge in [0.1, 0.15) is 18.1 Å². The maximum absolute atomic E-state index is 12.5. The van der Waals surface area contributed by atoms with Crippen LogP contribution in [-0.4, -0.2) is 69.2 Å². The van der Waals surface area contributed by atoms with Crippen molar-refractivity contribution < 1.29 is 24.6 Å². The summed E-state index contributed by atoms with van der Waals surface area (Å²) in [6.45, 7) is -0.154. The summed E-state index contributed by atoms with van der Waals surface area (Å²) in [6.07, 6.45) is 4.36. The van der Waals surface area contributed by atoms with Gasteiger partial charge in [-0.15, -0.1) is 0 Å². The summed E-state index contributed by atoms with van der Waals surface area (Å²) >= 11 is 0. The number of aromatic nitrogens is 2. The van der Waals surface area contributed by atoms with E-state index in [4.69, 9.17) is 16.6 Å². The molecule has 1 rings (SSSR count). The first-order valence-electron chi connectivity index (χ1n) is 8.26. The van der Waals surface area contributed by atoms with Crippen LogP contribution in [0.3, 0.4) is 0 Å². The van der Waals surface area contributed by atoms with Crippen LogP contribution in [0.1, 0.15) is 25.0 Å². The summed E-state index contributed by atoms with van der Waals surface area (Å²) < 4.78 is 0. The van der Waals surface area contributed by atoms with Crippen molar-refractivity contribution in [1.29, 1.82) is 0 Å². The van der Waals surface area contributed by atoms with Crippen molar-refractivity contribution in [1.82, 2.24) is 20.6 Å². The molecule has 26 heavy (non-hydrogen) atoms. The number of unbranched alkanes of at least 4 members (excludes halogenated alkanes) is 1. The average Bonchev–Trinajstić information content (AvgIpc) is 3.12. The molecular formula is C15H26N6O5. The average molecular weight is 370 g/mol. The van der Waals surface area contributed by atoms with Crippen molar-refractivity contribution in [3.05, 3.63) is 18.2 Å². The Bertz CT molecular complexity index is 579. The Morgan fingerprint density at radius 2 is 1.88 bits per heavy atom. The second-order valence-corrected chi connectivity index (χ2v) is 5.82. The van der Waals surface area contributed by atoms with E-state index in [1.54, 1.807) is 0 Å². The number of hydrogen-bond donors (Lipinski definition) is 7. The molecule has 1 heterocycles. The van der Waals surface area contributed by atoms with E-state index >= 15 is 0 Å². The number of nitrogens with two attached hydrogens (primary N) is 2. The molecule has 11 nitrogen and oxygen atoms in total. The zero-order chi connectivity index (χ0) is 19.5. The van der Waals surface area contributed by atoms with Gasteiger partial charge in [0.2, 0.25) is 11.8 Å². The van der Waals surface area contributed by atoms with Crippen LogP contribution in [-0.2, 0) is 20.8 Å². The lowest BCUT2D eigenvalue weighted by Crippen LogP contribution is -2.55. The minimum Gasteiger partial charge on any atom is -0.480 e. The van der Waals surface area contributed by atoms with Crippen LogP contribution in [0.2, 0.25) is 0 Å². The van der Waals surface area contributed by atoms with E-state index in [0.717, 1.165) is 0 Å². The van der Waals surface area contributed by atoms with Crippen molar-refractivity contribution in [3.8, 4) is 0 Å². The number of nitrogens with one attached hydrogen (secondary N) is 3. The van der Waals surface area contributed by atoms with Crippen molar-refractivity contribution in [2.24, 2.45) is 11.5 Å². The molecular weight excluding hydrogens is 344 g/mol. The largest absolute Gasteiger partial charge is 0.480 e. The van der Waals surface area contributed by atoms with Crippen LogP contribution in [0, 0.1) is 0 Å². The maximum Gasteiger partial charge on any atom is 0.326 e. The third-order valence-electron chi connectivity index (χ3n) is 3.71. The number of carbonyl (C=O) groups is 3. The standard InChI is InChI=1S/C15H26N6O5/c16-4-2-1-3-11(15(25)26)20-14(24)12(5-9-6-18-8-19-9)21-13(23)10(17)7-22/h6,8,10-12,22H,1-5,7,16-17H2,(H,18,19)(H,20,24)(H,21,23)(H,25,26)/t10-,11-,12-/m0/s1. The number of H-pyrrole nitrogens is 1. The number of hydrogen-bond acceptors (Lipinski definition) is 7. The molecule has 11 heteroatoms. The number of aliphatic hydroxyl groups is 1. The van der Waals surface area contributed by atoms with E-state index in [1.807, 2.05) is 0 Å². The number of amides is 2. The Kier molecular flexibility index (Phi) is 9.26. The van der Waals surface area contributed by atoms with E-state index in [0.29, 0.717) is 25.1 Å². The van der Waals surface area contributed by atoms with Gasteiger partial charge in [0.05, 0.1) is 12.9 Å². The smallest absolute Gasteiger partial charge is 0.326 e. The van der Waals surface area contributed by atoms with E-state index in [1.165, 1.54) is 12.5 Å². The maximum atomic E-state index is 12.5. The number of nitrogens with zero attached hydrogens (tertiary/aromatic N) is 1. The van der Waals surface area contributed by atoms with E-state index in [2.05, 4.69) is 20.6 Å². The summed E-state index contributed by atoms with van der Waals surface area (Å²) in [5.74, 6) is -2.56. The SMILES string of the molecule is NCCCC[C@H](NC(=O)[C@H](Cc1cnc[nH]1)NC(=O)[C@@H](N)CO)C(=O)O. The highest BCUT2D eigenvalue weighted by atomic mass is 16.4. The first-order chi connectivity index (χ1) is 12.4. The Balaban J connectivity index is 2.80. The number of imidazole rings is 1. The molecule has 0 spiro atoms. The number of aliphatic carboxylic acids is 1. The van der Waals surface area contributed by atoms with Gasteiger partial charge in [-0.05, 0) is 25.8 Å². The van der Waals surface area contributed by atoms with Gasteiger partial charge in [-0.3, -0.25) is 9.59 Å². The quantitative estimate of drug-likeness (QED) is 0.195. The number of aromatic amines is 1. The van der Waals surface area contributed by atoms with Crippen LogP contribution in [0.4, 0.5) is 0 Å². The van der Waals surface area contributed by atoms with Gasteiger partial charge in [-0.2, -0.15) is 0 Å². The number of carboxylic acids is 1. The predicted octanol–water partition coefficient (Wildman–Crippen LogP) is -2.54. The normalized spacial score (nSPS) is 14.3. The van der Waals surface area contributed by atoms with Crippen molar-refractivity contribution >= 4 is 17.8 Å². The Morgan fingerprint density at radius 1 is 1.19 bits per heavy atom. The Hall–Kier alpha value is -2.50. The molecule has 146 valence electrons. The zero-order valence-electron chi connectivity index (χ0n) is 14.4. The molecule has 0 aliphatic carbocycles. The van der Waals surface area contributed by atoms with Gasteiger partial charge in [-0.25, -0.2) is 9.78 Å². The molecule has 1 aromatic rings. The lowest BCUT2D eigenvalue weighted by molar-refractivity contribution is -0.142. The van der Waals surface area contributed by atoms with Crippen molar-refractivity contribution in [2.75, 3.05) is 13.2 Å². The fourth-order valence-corrected chi connectivity index (χ4v) is 2.21. The second kappa shape index (κ2) is 11.2. The zero-order valence-corrected chi connectivity index (χ0v) is 14.4. The summed E-state index contributed by atoms with van der Waals surface area (Å²) in [5, 5.41) is 23.1. The molecule has 0 aromatic carbocycles. The number of carbonyl (C=O) groups excluding carboxylic acids is 2. The minimum absolute atomic E-state index is 0.0604. The Morgan fingerprint density at radius 3 is 2.42 bits per heavy atom. The summed E-state index contributed by atoms with van der Waals surface area (Å²) in [5.41, 5.74) is 11.4. The highest BCUT2D eigenvalue weighted by molar-refractivity contribution is 5.91. The highest BCUT2D eigenvalue weighted by Crippen LogP contribution is 2.04. The van der Waals surface area contributed by atoms with Crippen LogP contribution in [0.15, 0.2) is 12.5 Å². The van der Waals surface area contributed by atoms with Crippen LogP contribution in [0.25, 0.3) is 0 Å². The highest BCUT2D eigenvalue weighted by Gasteiger charge is 2.28. The third-order valence-corrected chi connectivity index (χ3v) is 3.71. The molecule has 0 aliphatic rings. The number of rotatable bonds is 12. The van der Waals surface area contributed by atoms with Crippen LogP contribution in [0.5, 0.6) is 0 Å². The monoisotopic (exact) mass is 370 g/mol. The fourth-order valence-electron chi connectivity index (χ4n) is 2.21. The Labute approximate surface area is 150 Å². The van der Waals surface area contributed by atoms with Gasteiger partial charge in [0.15, 0.2) is 0 Å². The molecule has 0 saturated carbocycles. The molecule has 9 N–H and O–H groups in total. The van der Waals surface area contributed by atoms with E-state index < -0.39 is 42.5 Å². The number of aliphatic hydroxyl groups excluding tert-OH is 1. The van der Waals surface area contributed by atoms with Gasteiger partial charge in [0, 0.05) is 18.3 Å². The third kappa shape index (κ3) is 7.17. The molecule has 0 saturated heterocycles.